The summed E-state index contributed by atoms with van der Waals surface area (Å²) in [7, 11) is -4.13. The lowest BCUT2D eigenvalue weighted by Gasteiger charge is -2.20. The number of aliphatic carboxylic acids is 1. The molecule has 1 aliphatic heterocycles. The first kappa shape index (κ1) is 16.0. The van der Waals surface area contributed by atoms with E-state index >= 15 is 0 Å². The molecule has 1 aromatic carbocycles. The number of halogens is 1. The van der Waals surface area contributed by atoms with Gasteiger partial charge in [0.2, 0.25) is 10.0 Å². The Morgan fingerprint density at radius 1 is 1.52 bits per heavy atom. The molecule has 0 radical (unpaired) electrons. The summed E-state index contributed by atoms with van der Waals surface area (Å²) < 4.78 is 25.7. The standard InChI is InChI=1S/C10H9ClN2O6S2/c11-7-3-6(13(16)17)1-2-9(7)21(18,19)12-5-20-4-8(12)10(14)15/h1-3,8H,4-5H2,(H,14,15)/t8-/m0/s1. The second kappa shape index (κ2) is 5.79. The Kier molecular flexibility index (Phi) is 4.42. The quantitative estimate of drug-likeness (QED) is 0.642. The molecule has 0 unspecified atom stereocenters. The van der Waals surface area contributed by atoms with Crippen LogP contribution in [-0.2, 0) is 14.8 Å². The summed E-state index contributed by atoms with van der Waals surface area (Å²) >= 11 is 6.97. The van der Waals surface area contributed by atoms with Crippen LogP contribution in [-0.4, -0.2) is 46.4 Å². The molecule has 11 heteroatoms. The van der Waals surface area contributed by atoms with E-state index in [4.69, 9.17) is 16.7 Å². The van der Waals surface area contributed by atoms with E-state index in [1.807, 2.05) is 0 Å². The number of rotatable bonds is 4. The summed E-state index contributed by atoms with van der Waals surface area (Å²) in [6, 6.07) is 1.77. The van der Waals surface area contributed by atoms with E-state index in [1.165, 1.54) is 11.8 Å². The van der Waals surface area contributed by atoms with Crippen LogP contribution in [0.4, 0.5) is 5.69 Å². The first-order chi connectivity index (χ1) is 9.75. The van der Waals surface area contributed by atoms with Crippen LogP contribution in [0.3, 0.4) is 0 Å². The zero-order valence-electron chi connectivity index (χ0n) is 10.3. The van der Waals surface area contributed by atoms with Crippen LogP contribution in [0.2, 0.25) is 5.02 Å². The molecule has 1 fully saturated rings. The molecular formula is C10H9ClN2O6S2. The number of nitro benzene ring substituents is 1. The van der Waals surface area contributed by atoms with Crippen molar-refractivity contribution in [3.05, 3.63) is 33.3 Å². The van der Waals surface area contributed by atoms with E-state index in [1.54, 1.807) is 0 Å². The fourth-order valence-corrected chi connectivity index (χ4v) is 5.45. The van der Waals surface area contributed by atoms with E-state index in [0.717, 1.165) is 22.5 Å². The molecule has 0 aliphatic carbocycles. The molecule has 1 N–H and O–H groups in total. The van der Waals surface area contributed by atoms with Gasteiger partial charge >= 0.3 is 5.97 Å². The van der Waals surface area contributed by atoms with Gasteiger partial charge in [0.15, 0.2) is 0 Å². The largest absolute Gasteiger partial charge is 0.480 e. The lowest BCUT2D eigenvalue weighted by molar-refractivity contribution is -0.384. The van der Waals surface area contributed by atoms with Gasteiger partial charge in [0.25, 0.3) is 5.69 Å². The number of non-ortho nitro benzene ring substituents is 1. The summed E-state index contributed by atoms with van der Waals surface area (Å²) in [5, 5.41) is 19.3. The molecule has 2 rings (SSSR count). The van der Waals surface area contributed by atoms with Gasteiger partial charge in [-0.25, -0.2) is 8.42 Å². The minimum absolute atomic E-state index is 0.00732. The molecule has 0 saturated carbocycles. The molecule has 1 aromatic rings. The van der Waals surface area contributed by atoms with Crippen molar-refractivity contribution >= 4 is 45.0 Å². The van der Waals surface area contributed by atoms with Gasteiger partial charge < -0.3 is 5.11 Å². The highest BCUT2D eigenvalue weighted by Gasteiger charge is 2.41. The van der Waals surface area contributed by atoms with Crippen LogP contribution in [0, 0.1) is 10.1 Å². The number of carbonyl (C=O) groups is 1. The molecule has 21 heavy (non-hydrogen) atoms. The Balaban J connectivity index is 2.45. The van der Waals surface area contributed by atoms with Gasteiger partial charge in [-0.2, -0.15) is 4.31 Å². The SMILES string of the molecule is O=C(O)[C@@H]1CSCN1S(=O)(=O)c1ccc([N+](=O)[O-])cc1Cl. The van der Waals surface area contributed by atoms with Crippen molar-refractivity contribution in [2.24, 2.45) is 0 Å². The molecule has 0 spiro atoms. The normalized spacial score (nSPS) is 19.6. The van der Waals surface area contributed by atoms with Gasteiger partial charge in [-0.1, -0.05) is 11.6 Å². The maximum absolute atomic E-state index is 12.4. The van der Waals surface area contributed by atoms with Crippen molar-refractivity contribution in [2.75, 3.05) is 11.6 Å². The Morgan fingerprint density at radius 2 is 2.19 bits per heavy atom. The molecule has 8 nitrogen and oxygen atoms in total. The average Bonchev–Trinajstić information content (AvgIpc) is 2.88. The molecule has 0 amide bonds. The van der Waals surface area contributed by atoms with Crippen molar-refractivity contribution in [2.45, 2.75) is 10.9 Å². The molecule has 1 atom stereocenters. The number of nitrogens with zero attached hydrogens (tertiary/aromatic N) is 2. The number of carboxylic acids is 1. The zero-order chi connectivity index (χ0) is 15.8. The third kappa shape index (κ3) is 2.98. The van der Waals surface area contributed by atoms with E-state index in [9.17, 15) is 23.3 Å². The summed E-state index contributed by atoms with van der Waals surface area (Å²) in [5.74, 6) is -1.12. The highest BCUT2D eigenvalue weighted by atomic mass is 35.5. The first-order valence-corrected chi connectivity index (χ1v) is 8.48. The molecule has 0 aromatic heterocycles. The van der Waals surface area contributed by atoms with Crippen molar-refractivity contribution in [1.29, 1.82) is 0 Å². The van der Waals surface area contributed by atoms with E-state index < -0.39 is 27.0 Å². The van der Waals surface area contributed by atoms with Gasteiger partial charge in [-0.3, -0.25) is 14.9 Å². The van der Waals surface area contributed by atoms with Crippen LogP contribution in [0.1, 0.15) is 0 Å². The molecule has 1 heterocycles. The molecule has 1 saturated heterocycles. The van der Waals surface area contributed by atoms with Gasteiger partial charge in [0.05, 0.1) is 15.8 Å². The zero-order valence-corrected chi connectivity index (χ0v) is 12.7. The monoisotopic (exact) mass is 352 g/mol. The van der Waals surface area contributed by atoms with Crippen LogP contribution < -0.4 is 0 Å². The maximum atomic E-state index is 12.4. The summed E-state index contributed by atoms with van der Waals surface area (Å²) in [6.45, 7) is 0. The van der Waals surface area contributed by atoms with Crippen molar-refractivity contribution in [3.63, 3.8) is 0 Å². The van der Waals surface area contributed by atoms with Crippen molar-refractivity contribution in [3.8, 4) is 0 Å². The Hall–Kier alpha value is -1.36. The molecular weight excluding hydrogens is 344 g/mol. The lowest BCUT2D eigenvalue weighted by Crippen LogP contribution is -2.41. The lowest BCUT2D eigenvalue weighted by atomic mass is 10.3. The van der Waals surface area contributed by atoms with E-state index in [-0.39, 0.29) is 27.2 Å². The highest BCUT2D eigenvalue weighted by molar-refractivity contribution is 8.00. The number of thioether (sulfide) groups is 1. The number of nitro groups is 1. The minimum Gasteiger partial charge on any atom is -0.480 e. The number of sulfonamides is 1. The predicted octanol–water partition coefficient (Wildman–Crippen LogP) is 1.40. The van der Waals surface area contributed by atoms with Gasteiger partial charge in [-0.15, -0.1) is 11.8 Å². The van der Waals surface area contributed by atoms with Crippen LogP contribution in [0.15, 0.2) is 23.1 Å². The smallest absolute Gasteiger partial charge is 0.322 e. The average molecular weight is 353 g/mol. The number of carboxylic acid groups (broad SMARTS) is 1. The fraction of sp³-hybridized carbons (Fsp3) is 0.300. The number of hydrogen-bond acceptors (Lipinski definition) is 6. The van der Waals surface area contributed by atoms with Crippen LogP contribution >= 0.6 is 23.4 Å². The fourth-order valence-electron chi connectivity index (χ4n) is 1.80. The minimum atomic E-state index is -4.13. The third-order valence-electron chi connectivity index (χ3n) is 2.84. The Labute approximate surface area is 128 Å². The first-order valence-electron chi connectivity index (χ1n) is 5.51. The molecule has 1 aliphatic rings. The number of benzene rings is 1. The second-order valence-electron chi connectivity index (χ2n) is 4.12. The summed E-state index contributed by atoms with van der Waals surface area (Å²) in [6.07, 6.45) is 0. The van der Waals surface area contributed by atoms with E-state index in [2.05, 4.69) is 0 Å². The van der Waals surface area contributed by atoms with Crippen molar-refractivity contribution in [1.82, 2.24) is 4.31 Å². The van der Waals surface area contributed by atoms with Crippen molar-refractivity contribution < 1.29 is 23.2 Å². The van der Waals surface area contributed by atoms with Gasteiger partial charge in [0.1, 0.15) is 10.9 Å². The van der Waals surface area contributed by atoms with Crippen LogP contribution in [0.25, 0.3) is 0 Å². The molecule has 114 valence electrons. The second-order valence-corrected chi connectivity index (χ2v) is 7.38. The predicted molar refractivity (Wildman–Crippen MR) is 75.9 cm³/mol. The highest BCUT2D eigenvalue weighted by Crippen LogP contribution is 2.33. The number of hydrogen-bond donors (Lipinski definition) is 1. The topological polar surface area (TPSA) is 118 Å². The summed E-state index contributed by atoms with van der Waals surface area (Å²) in [5.41, 5.74) is -0.343. The van der Waals surface area contributed by atoms with Crippen LogP contribution in [0.5, 0.6) is 0 Å². The Bertz CT molecular complexity index is 707. The third-order valence-corrected chi connectivity index (χ3v) is 6.35. The molecule has 0 bridgehead atoms. The summed E-state index contributed by atoms with van der Waals surface area (Å²) in [4.78, 5) is 20.6. The van der Waals surface area contributed by atoms with Gasteiger partial charge in [0, 0.05) is 17.9 Å². The van der Waals surface area contributed by atoms with Gasteiger partial charge in [-0.05, 0) is 6.07 Å². The van der Waals surface area contributed by atoms with E-state index in [0.29, 0.717) is 0 Å². The Morgan fingerprint density at radius 3 is 2.71 bits per heavy atom. The maximum Gasteiger partial charge on any atom is 0.322 e.